The first-order valence-electron chi connectivity index (χ1n) is 8.42. The number of Topliss-reactive ketones (excluding diaryl/α,β-unsaturated/α-hetero) is 1. The van der Waals surface area contributed by atoms with Crippen LogP contribution in [0.3, 0.4) is 0 Å². The van der Waals surface area contributed by atoms with E-state index in [-0.39, 0.29) is 51.3 Å². The third kappa shape index (κ3) is 6.24. The number of amides is 1. The molecule has 3 rings (SSSR count). The zero-order valence-electron chi connectivity index (χ0n) is 14.6. The summed E-state index contributed by atoms with van der Waals surface area (Å²) < 4.78 is 5.95. The lowest BCUT2D eigenvalue weighted by Gasteiger charge is -2.27. The van der Waals surface area contributed by atoms with Crippen molar-refractivity contribution >= 4 is 36.9 Å². The highest BCUT2D eigenvalue weighted by atomic mass is 32.2. The standard InChI is InChI=1S/C18H24N2O3S.2CH4.H2S/c1-12(2)8-15(23-10-13-6-4-3-5-7-13)18(22)20-17-14(21)11-24-16(17)9-19-20;;;/h3-7,12,15-17,19H,8-11H2,1-2H3;2*1H4;1H2/t15-,16+,17+;;;/m0.../s1. The Kier molecular flexibility index (Phi) is 11.3. The molecular weight excluding hydrogens is 380 g/mol. The number of carbonyl (C=O) groups excluding carboxylic acids is 2. The quantitative estimate of drug-likeness (QED) is 0.773. The van der Waals surface area contributed by atoms with Gasteiger partial charge in [-0.05, 0) is 17.9 Å². The van der Waals surface area contributed by atoms with Crippen molar-refractivity contribution < 1.29 is 14.3 Å². The van der Waals surface area contributed by atoms with Gasteiger partial charge in [0, 0.05) is 11.8 Å². The van der Waals surface area contributed by atoms with Crippen LogP contribution in [0.2, 0.25) is 0 Å². The molecule has 5 nitrogen and oxygen atoms in total. The predicted molar refractivity (Wildman–Crippen MR) is 118 cm³/mol. The maximum Gasteiger partial charge on any atom is 0.266 e. The van der Waals surface area contributed by atoms with E-state index >= 15 is 0 Å². The van der Waals surface area contributed by atoms with E-state index in [1.807, 2.05) is 30.3 Å². The lowest BCUT2D eigenvalue weighted by Crippen LogP contribution is -2.51. The first kappa shape index (κ1) is 26.0. The van der Waals surface area contributed by atoms with E-state index in [4.69, 9.17) is 4.74 Å². The number of ketones is 1. The van der Waals surface area contributed by atoms with Crippen LogP contribution in [-0.4, -0.2) is 46.4 Å². The number of hydrazine groups is 1. The summed E-state index contributed by atoms with van der Waals surface area (Å²) in [6.45, 7) is 5.21. The van der Waals surface area contributed by atoms with Crippen molar-refractivity contribution in [2.75, 3.05) is 12.3 Å². The van der Waals surface area contributed by atoms with Gasteiger partial charge >= 0.3 is 0 Å². The summed E-state index contributed by atoms with van der Waals surface area (Å²) in [6.07, 6.45) is 0.109. The average molecular weight is 415 g/mol. The highest BCUT2D eigenvalue weighted by Crippen LogP contribution is 2.31. The minimum absolute atomic E-state index is 0. The van der Waals surface area contributed by atoms with Crippen molar-refractivity contribution in [3.63, 3.8) is 0 Å². The zero-order valence-corrected chi connectivity index (χ0v) is 16.4. The number of nitrogens with one attached hydrogen (secondary N) is 1. The molecule has 7 heteroatoms. The molecule has 2 fully saturated rings. The van der Waals surface area contributed by atoms with Gasteiger partial charge in [0.2, 0.25) is 0 Å². The van der Waals surface area contributed by atoms with Crippen LogP contribution in [0.4, 0.5) is 0 Å². The maximum atomic E-state index is 13.0. The van der Waals surface area contributed by atoms with E-state index in [0.29, 0.717) is 31.2 Å². The molecule has 1 aromatic carbocycles. The van der Waals surface area contributed by atoms with Gasteiger partial charge in [-0.1, -0.05) is 59.0 Å². The van der Waals surface area contributed by atoms with Crippen LogP contribution in [0.25, 0.3) is 0 Å². The fraction of sp³-hybridized carbons (Fsp3) is 0.600. The van der Waals surface area contributed by atoms with Crippen LogP contribution < -0.4 is 5.43 Å². The lowest BCUT2D eigenvalue weighted by molar-refractivity contribution is -0.152. The van der Waals surface area contributed by atoms with Crippen LogP contribution >= 0.6 is 25.3 Å². The number of hydrogen-bond donors (Lipinski definition) is 1. The molecule has 0 bridgehead atoms. The van der Waals surface area contributed by atoms with E-state index in [0.717, 1.165) is 5.56 Å². The number of hydrogen-bond acceptors (Lipinski definition) is 5. The van der Waals surface area contributed by atoms with E-state index in [2.05, 4.69) is 19.3 Å². The molecule has 2 aliphatic heterocycles. The van der Waals surface area contributed by atoms with Crippen LogP contribution in [0.1, 0.15) is 40.7 Å². The number of rotatable bonds is 6. The predicted octanol–water partition coefficient (Wildman–Crippen LogP) is 3.40. The maximum absolute atomic E-state index is 13.0. The van der Waals surface area contributed by atoms with E-state index in [9.17, 15) is 9.59 Å². The lowest BCUT2D eigenvalue weighted by atomic mass is 10.0. The highest BCUT2D eigenvalue weighted by Gasteiger charge is 2.47. The molecule has 1 aromatic rings. The van der Waals surface area contributed by atoms with Crippen molar-refractivity contribution in [3.05, 3.63) is 35.9 Å². The molecule has 3 atom stereocenters. The summed E-state index contributed by atoms with van der Waals surface area (Å²) >= 11 is 1.63. The summed E-state index contributed by atoms with van der Waals surface area (Å²) in [5, 5.41) is 1.71. The summed E-state index contributed by atoms with van der Waals surface area (Å²) in [5.41, 5.74) is 4.14. The Morgan fingerprint density at radius 3 is 2.59 bits per heavy atom. The Hall–Kier alpha value is -1.02. The molecule has 0 aromatic heterocycles. The van der Waals surface area contributed by atoms with Gasteiger partial charge in [0.1, 0.15) is 12.1 Å². The smallest absolute Gasteiger partial charge is 0.266 e. The fourth-order valence-electron chi connectivity index (χ4n) is 3.15. The third-order valence-electron chi connectivity index (χ3n) is 4.36. The molecule has 0 unspecified atom stereocenters. The van der Waals surface area contributed by atoms with E-state index in [1.165, 1.54) is 5.01 Å². The summed E-state index contributed by atoms with van der Waals surface area (Å²) in [6, 6.07) is 9.50. The zero-order chi connectivity index (χ0) is 17.1. The topological polar surface area (TPSA) is 58.6 Å². The van der Waals surface area contributed by atoms with Crippen LogP contribution in [0.5, 0.6) is 0 Å². The number of benzene rings is 1. The largest absolute Gasteiger partial charge is 0.364 e. The van der Waals surface area contributed by atoms with Gasteiger partial charge in [0.25, 0.3) is 5.91 Å². The molecule has 0 aliphatic carbocycles. The Bertz CT molecular complexity index is 598. The monoisotopic (exact) mass is 414 g/mol. The number of carbonyl (C=O) groups is 2. The first-order valence-corrected chi connectivity index (χ1v) is 9.47. The molecule has 0 saturated carbocycles. The van der Waals surface area contributed by atoms with Gasteiger partial charge in [-0.3, -0.25) is 14.6 Å². The Morgan fingerprint density at radius 1 is 1.30 bits per heavy atom. The van der Waals surface area contributed by atoms with E-state index < -0.39 is 6.10 Å². The summed E-state index contributed by atoms with van der Waals surface area (Å²) in [5.74, 6) is 0.847. The third-order valence-corrected chi connectivity index (χ3v) is 5.66. The summed E-state index contributed by atoms with van der Waals surface area (Å²) in [7, 11) is 0. The second-order valence-electron chi connectivity index (χ2n) is 6.75. The minimum Gasteiger partial charge on any atom is -0.364 e. The molecule has 1 N–H and O–H groups in total. The molecule has 2 aliphatic rings. The molecule has 2 saturated heterocycles. The highest BCUT2D eigenvalue weighted by molar-refractivity contribution is 8.01. The fourth-order valence-corrected chi connectivity index (χ4v) is 4.35. The van der Waals surface area contributed by atoms with Gasteiger partial charge in [0.15, 0.2) is 5.78 Å². The number of thioether (sulfide) groups is 1. The SMILES string of the molecule is C.C.CC(C)C[C@H](OCc1ccccc1)C(=O)N1NC[C@H]2SCC(=O)[C@H]21.S. The molecule has 1 amide bonds. The Morgan fingerprint density at radius 2 is 1.96 bits per heavy atom. The van der Waals surface area contributed by atoms with Crippen LogP contribution in [-0.2, 0) is 20.9 Å². The summed E-state index contributed by atoms with van der Waals surface area (Å²) in [4.78, 5) is 25.1. The van der Waals surface area contributed by atoms with Crippen molar-refractivity contribution in [2.45, 2.75) is 59.1 Å². The van der Waals surface area contributed by atoms with Crippen molar-refractivity contribution in [1.29, 1.82) is 0 Å². The van der Waals surface area contributed by atoms with Gasteiger partial charge in [-0.15, -0.1) is 11.8 Å². The minimum atomic E-state index is -0.533. The Labute approximate surface area is 175 Å². The van der Waals surface area contributed by atoms with Gasteiger partial charge in [-0.25, -0.2) is 5.43 Å². The number of ether oxygens (including phenoxy) is 1. The van der Waals surface area contributed by atoms with Crippen molar-refractivity contribution in [2.24, 2.45) is 5.92 Å². The molecule has 2 heterocycles. The van der Waals surface area contributed by atoms with Gasteiger partial charge < -0.3 is 4.74 Å². The molecule has 154 valence electrons. The molecule has 27 heavy (non-hydrogen) atoms. The first-order chi connectivity index (χ1) is 11.6. The van der Waals surface area contributed by atoms with Gasteiger partial charge in [-0.2, -0.15) is 13.5 Å². The van der Waals surface area contributed by atoms with Gasteiger partial charge in [0.05, 0.1) is 12.4 Å². The molecule has 0 spiro atoms. The normalized spacial score (nSPS) is 21.7. The van der Waals surface area contributed by atoms with Crippen LogP contribution in [0.15, 0.2) is 30.3 Å². The second kappa shape index (κ2) is 11.7. The average Bonchev–Trinajstić information content (AvgIpc) is 3.15. The Balaban J connectivity index is 0.00000225. The van der Waals surface area contributed by atoms with Crippen molar-refractivity contribution in [1.82, 2.24) is 10.4 Å². The van der Waals surface area contributed by atoms with Crippen molar-refractivity contribution in [3.8, 4) is 0 Å². The van der Waals surface area contributed by atoms with Crippen LogP contribution in [0, 0.1) is 5.92 Å². The number of fused-ring (bicyclic) bond motifs is 1. The van der Waals surface area contributed by atoms with E-state index in [1.54, 1.807) is 11.8 Å². The molecular formula is C20H34N2O3S2. The second-order valence-corrected chi connectivity index (χ2v) is 7.97. The number of nitrogens with zero attached hydrogens (tertiary/aromatic N) is 1. The molecule has 0 radical (unpaired) electrons.